The Labute approximate surface area is 234 Å². The third-order valence-electron chi connectivity index (χ3n) is 7.18. The number of aliphatic imine (C=N–C) groups is 1. The van der Waals surface area contributed by atoms with Crippen LogP contribution in [0.1, 0.15) is 37.8 Å². The number of carbonyl (C=O) groups excluding carboxylic acids is 2. The highest BCUT2D eigenvalue weighted by Gasteiger charge is 2.44. The zero-order valence-corrected chi connectivity index (χ0v) is 23.1. The minimum atomic E-state index is -0.941. The van der Waals surface area contributed by atoms with Crippen LogP contribution in [0, 0.1) is 0 Å². The third kappa shape index (κ3) is 7.16. The van der Waals surface area contributed by atoms with Gasteiger partial charge in [0.15, 0.2) is 0 Å². The molecular formula is C29H37ClN4O5. The van der Waals surface area contributed by atoms with Crippen molar-refractivity contribution in [3.8, 4) is 0 Å². The molecule has 39 heavy (non-hydrogen) atoms. The van der Waals surface area contributed by atoms with Gasteiger partial charge in [0.2, 0.25) is 17.7 Å². The smallest absolute Gasteiger partial charge is 0.248 e. The summed E-state index contributed by atoms with van der Waals surface area (Å²) >= 11 is 6.15. The number of nitrogens with zero attached hydrogens (tertiary/aromatic N) is 2. The van der Waals surface area contributed by atoms with Crippen molar-refractivity contribution in [1.29, 1.82) is 0 Å². The van der Waals surface area contributed by atoms with Crippen molar-refractivity contribution in [1.82, 2.24) is 10.2 Å². The third-order valence-corrected chi connectivity index (χ3v) is 7.41. The number of hydrogen-bond donors (Lipinski definition) is 3. The summed E-state index contributed by atoms with van der Waals surface area (Å²) in [6.45, 7) is 4.11. The molecule has 1 fully saturated rings. The van der Waals surface area contributed by atoms with Crippen molar-refractivity contribution in [3.05, 3.63) is 70.7 Å². The largest absolute Gasteiger partial charge is 0.477 e. The molecule has 2 aliphatic heterocycles. The Hall–Kier alpha value is -2.98. The first-order valence-electron chi connectivity index (χ1n) is 13.3. The summed E-state index contributed by atoms with van der Waals surface area (Å²) in [5.41, 5.74) is 6.84. The van der Waals surface area contributed by atoms with Crippen LogP contribution in [0.15, 0.2) is 59.6 Å². The van der Waals surface area contributed by atoms with Gasteiger partial charge in [-0.25, -0.2) is 4.99 Å². The first-order valence-corrected chi connectivity index (χ1v) is 13.7. The predicted molar refractivity (Wildman–Crippen MR) is 149 cm³/mol. The van der Waals surface area contributed by atoms with Crippen molar-refractivity contribution in [2.75, 3.05) is 19.8 Å². The minimum absolute atomic E-state index is 0.200. The second-order valence-corrected chi connectivity index (χ2v) is 10.8. The summed E-state index contributed by atoms with van der Waals surface area (Å²) in [5.74, 6) is -0.295. The van der Waals surface area contributed by atoms with E-state index in [1.54, 1.807) is 24.8 Å². The van der Waals surface area contributed by atoms with E-state index in [1.807, 2.05) is 48.5 Å². The van der Waals surface area contributed by atoms with Gasteiger partial charge in [0.25, 0.3) is 0 Å². The first kappa shape index (κ1) is 29.0. The van der Waals surface area contributed by atoms with Crippen LogP contribution in [0.5, 0.6) is 0 Å². The van der Waals surface area contributed by atoms with Gasteiger partial charge in [0, 0.05) is 18.0 Å². The molecule has 1 saturated heterocycles. The van der Waals surface area contributed by atoms with E-state index in [0.717, 1.165) is 17.5 Å². The number of ether oxygens (including phenoxy) is 2. The van der Waals surface area contributed by atoms with Gasteiger partial charge in [0.1, 0.15) is 24.2 Å². The Balaban J connectivity index is 1.52. The lowest BCUT2D eigenvalue weighted by atomic mass is 9.93. The maximum absolute atomic E-state index is 13.9. The number of rotatable bonds is 11. The van der Waals surface area contributed by atoms with Crippen molar-refractivity contribution in [3.63, 3.8) is 0 Å². The van der Waals surface area contributed by atoms with Crippen molar-refractivity contribution in [2.24, 2.45) is 10.7 Å². The Bertz CT molecular complexity index is 1180. The highest BCUT2D eigenvalue weighted by molar-refractivity contribution is 6.30. The molecule has 1 unspecified atom stereocenters. The van der Waals surface area contributed by atoms with E-state index in [1.165, 1.54) is 0 Å². The summed E-state index contributed by atoms with van der Waals surface area (Å²) in [6.07, 6.45) is 1.25. The Morgan fingerprint density at radius 3 is 2.67 bits per heavy atom. The molecule has 210 valence electrons. The minimum Gasteiger partial charge on any atom is -0.477 e. The molecule has 5 atom stereocenters. The second-order valence-electron chi connectivity index (χ2n) is 10.4. The monoisotopic (exact) mass is 556 g/mol. The summed E-state index contributed by atoms with van der Waals surface area (Å²) < 4.78 is 12.0. The molecule has 2 heterocycles. The number of benzene rings is 2. The average molecular weight is 557 g/mol. The lowest BCUT2D eigenvalue weighted by molar-refractivity contribution is -0.141. The number of amides is 2. The van der Waals surface area contributed by atoms with Gasteiger partial charge in [-0.15, -0.1) is 0 Å². The first-order chi connectivity index (χ1) is 18.7. The quantitative estimate of drug-likeness (QED) is 0.390. The van der Waals surface area contributed by atoms with Crippen LogP contribution in [-0.2, 0) is 32.1 Å². The Morgan fingerprint density at radius 2 is 1.97 bits per heavy atom. The number of hydrogen-bond acceptors (Lipinski definition) is 7. The molecule has 2 aromatic carbocycles. The van der Waals surface area contributed by atoms with Crippen LogP contribution >= 0.6 is 11.6 Å². The second kappa shape index (κ2) is 12.9. The molecule has 2 aliphatic rings. The lowest BCUT2D eigenvalue weighted by Crippen LogP contribution is -2.58. The van der Waals surface area contributed by atoms with Crippen LogP contribution in [0.2, 0.25) is 5.02 Å². The fourth-order valence-corrected chi connectivity index (χ4v) is 5.17. The number of aliphatic hydroxyl groups excluding tert-OH is 1. The molecule has 9 nitrogen and oxygen atoms in total. The van der Waals surface area contributed by atoms with Crippen molar-refractivity contribution in [2.45, 2.75) is 69.5 Å². The highest BCUT2D eigenvalue weighted by Crippen LogP contribution is 2.30. The van der Waals surface area contributed by atoms with E-state index in [0.29, 0.717) is 36.9 Å². The maximum atomic E-state index is 13.9. The number of halogens is 1. The molecule has 0 spiro atoms. The average Bonchev–Trinajstić information content (AvgIpc) is 3.58. The van der Waals surface area contributed by atoms with E-state index in [4.69, 9.17) is 31.8 Å². The zero-order valence-electron chi connectivity index (χ0n) is 22.4. The van der Waals surface area contributed by atoms with Crippen LogP contribution < -0.4 is 11.1 Å². The normalized spacial score (nSPS) is 23.1. The highest BCUT2D eigenvalue weighted by atomic mass is 35.5. The van der Waals surface area contributed by atoms with Gasteiger partial charge >= 0.3 is 0 Å². The Kier molecular flexibility index (Phi) is 9.61. The number of aliphatic hydroxyl groups is 1. The number of nitrogens with two attached hydrogens (primary N) is 1. The number of nitrogens with one attached hydrogen (secondary N) is 1. The summed E-state index contributed by atoms with van der Waals surface area (Å²) in [4.78, 5) is 33.0. The number of carbonyl (C=O) groups is 2. The van der Waals surface area contributed by atoms with Gasteiger partial charge in [-0.1, -0.05) is 54.1 Å². The van der Waals surface area contributed by atoms with Crippen LogP contribution in [0.25, 0.3) is 0 Å². The fraction of sp³-hybridized carbons (Fsp3) is 0.483. The molecule has 2 amide bonds. The molecule has 0 aliphatic carbocycles. The van der Waals surface area contributed by atoms with E-state index in [-0.39, 0.29) is 19.1 Å². The summed E-state index contributed by atoms with van der Waals surface area (Å²) in [7, 11) is 0. The SMILES string of the molecule is CC(OCc1ccccc1)[C@H](NC(=O)[C@H](C)N)C(=O)N1CCC[C@H]1C1=N[C@](CO)(Cc2cccc(Cl)c2)CO1. The molecule has 4 rings (SSSR count). The topological polar surface area (TPSA) is 126 Å². The maximum Gasteiger partial charge on any atom is 0.248 e. The number of likely N-dealkylation sites (tertiary alicyclic amines) is 1. The van der Waals surface area contributed by atoms with Gasteiger partial charge in [-0.2, -0.15) is 0 Å². The van der Waals surface area contributed by atoms with Crippen molar-refractivity contribution >= 4 is 29.3 Å². The molecule has 0 radical (unpaired) electrons. The van der Waals surface area contributed by atoms with Gasteiger partial charge in [0.05, 0.1) is 25.4 Å². The Morgan fingerprint density at radius 1 is 1.23 bits per heavy atom. The standard InChI is InChI=1S/C29H37ClN4O5/c1-19(31)26(36)32-25(20(2)38-16-21-8-4-3-5-9-21)28(37)34-13-7-12-24(34)27-33-29(17-35,18-39-27)15-22-10-6-11-23(30)14-22/h3-6,8-11,14,19-20,24-25,35H,7,12-13,15-18,31H2,1-2H3,(H,32,36)/t19-,20?,24-,25-,29-/m0/s1. The van der Waals surface area contributed by atoms with E-state index in [2.05, 4.69) is 5.32 Å². The predicted octanol–water partition coefficient (Wildman–Crippen LogP) is 2.47. The van der Waals surface area contributed by atoms with Crippen molar-refractivity contribution < 1.29 is 24.2 Å². The van der Waals surface area contributed by atoms with E-state index in [9.17, 15) is 14.7 Å². The zero-order chi connectivity index (χ0) is 28.0. The van der Waals surface area contributed by atoms with Gasteiger partial charge in [-0.05, 0) is 49.9 Å². The van der Waals surface area contributed by atoms with Crippen LogP contribution in [0.3, 0.4) is 0 Å². The molecule has 0 aromatic heterocycles. The van der Waals surface area contributed by atoms with Crippen LogP contribution in [-0.4, -0.2) is 77.2 Å². The molecule has 4 N–H and O–H groups in total. The molecule has 0 saturated carbocycles. The van der Waals surface area contributed by atoms with Crippen LogP contribution in [0.4, 0.5) is 0 Å². The van der Waals surface area contributed by atoms with Gasteiger partial charge < -0.3 is 30.5 Å². The molecule has 2 aromatic rings. The molecular weight excluding hydrogens is 520 g/mol. The van der Waals surface area contributed by atoms with E-state index < -0.39 is 35.7 Å². The summed E-state index contributed by atoms with van der Waals surface area (Å²) in [6, 6.07) is 14.9. The summed E-state index contributed by atoms with van der Waals surface area (Å²) in [5, 5.41) is 13.7. The fourth-order valence-electron chi connectivity index (χ4n) is 4.96. The lowest BCUT2D eigenvalue weighted by Gasteiger charge is -2.32. The molecule has 0 bridgehead atoms. The molecule has 10 heteroatoms. The van der Waals surface area contributed by atoms with E-state index >= 15 is 0 Å². The van der Waals surface area contributed by atoms with Gasteiger partial charge in [-0.3, -0.25) is 9.59 Å².